The van der Waals surface area contributed by atoms with Gasteiger partial charge in [-0.15, -0.1) is 0 Å². The number of carbonyl (C=O) groups excluding carboxylic acids is 1. The summed E-state index contributed by atoms with van der Waals surface area (Å²) < 4.78 is 5.28. The van der Waals surface area contributed by atoms with Gasteiger partial charge in [-0.1, -0.05) is 30.3 Å². The monoisotopic (exact) mass is 417 g/mol. The van der Waals surface area contributed by atoms with Crippen molar-refractivity contribution in [3.8, 4) is 11.1 Å². The number of nitro groups is 1. The maximum Gasteiger partial charge on any atom is 0.410 e. The molecule has 2 heterocycles. The third kappa shape index (κ3) is 4.40. The number of nitro benzene ring substituents is 1. The van der Waals surface area contributed by atoms with Crippen molar-refractivity contribution in [1.82, 2.24) is 9.88 Å². The Morgan fingerprint density at radius 2 is 1.81 bits per heavy atom. The fourth-order valence-corrected chi connectivity index (χ4v) is 3.97. The van der Waals surface area contributed by atoms with E-state index in [0.717, 1.165) is 34.4 Å². The highest BCUT2D eigenvalue weighted by molar-refractivity contribution is 5.69. The molecule has 158 valence electrons. The number of benzene rings is 2. The number of pyridine rings is 1. The molecule has 1 amide bonds. The number of hydrogen-bond donors (Lipinski definition) is 0. The second-order valence-corrected chi connectivity index (χ2v) is 7.41. The smallest absolute Gasteiger partial charge is 0.410 e. The number of amides is 1. The number of aromatic nitrogens is 1. The molecule has 0 fully saturated rings. The molecule has 1 aliphatic rings. The summed E-state index contributed by atoms with van der Waals surface area (Å²) in [6, 6.07) is 18.3. The molecule has 7 heteroatoms. The highest BCUT2D eigenvalue weighted by Crippen LogP contribution is 2.32. The fourth-order valence-electron chi connectivity index (χ4n) is 3.97. The third-order valence-corrected chi connectivity index (χ3v) is 5.54. The quantitative estimate of drug-likeness (QED) is 0.433. The standard InChI is InChI=1S/C24H23N3O4/c1-2-31-24(28)26-15-13-20-4-3-14-25-23(20)22(26)16-17-5-7-18(8-6-17)19-9-11-21(12-10-19)27(29)30/h3-12,14,22H,2,13,15-16H2,1H3. The predicted octanol–water partition coefficient (Wildman–Crippen LogP) is 4.96. The van der Waals surface area contributed by atoms with E-state index in [1.807, 2.05) is 30.3 Å². The molecule has 31 heavy (non-hydrogen) atoms. The van der Waals surface area contributed by atoms with Crippen LogP contribution in [0, 0.1) is 10.1 Å². The van der Waals surface area contributed by atoms with Gasteiger partial charge in [0.25, 0.3) is 5.69 Å². The zero-order valence-corrected chi connectivity index (χ0v) is 17.2. The van der Waals surface area contributed by atoms with Crippen LogP contribution in [0.5, 0.6) is 0 Å². The van der Waals surface area contributed by atoms with Crippen LogP contribution in [0.2, 0.25) is 0 Å². The first kappa shape index (κ1) is 20.5. The van der Waals surface area contributed by atoms with Crippen LogP contribution in [-0.2, 0) is 17.6 Å². The van der Waals surface area contributed by atoms with Crippen LogP contribution in [0.3, 0.4) is 0 Å². The summed E-state index contributed by atoms with van der Waals surface area (Å²) in [5, 5.41) is 10.8. The predicted molar refractivity (Wildman–Crippen MR) is 117 cm³/mol. The maximum absolute atomic E-state index is 12.6. The Labute approximate surface area is 180 Å². The van der Waals surface area contributed by atoms with E-state index in [1.54, 1.807) is 30.2 Å². The Balaban J connectivity index is 1.57. The van der Waals surface area contributed by atoms with E-state index in [1.165, 1.54) is 12.1 Å². The van der Waals surface area contributed by atoms with E-state index >= 15 is 0 Å². The molecule has 0 saturated carbocycles. The molecule has 2 aromatic carbocycles. The van der Waals surface area contributed by atoms with E-state index in [4.69, 9.17) is 4.74 Å². The van der Waals surface area contributed by atoms with Crippen LogP contribution < -0.4 is 0 Å². The van der Waals surface area contributed by atoms with Gasteiger partial charge in [-0.25, -0.2) is 4.79 Å². The van der Waals surface area contributed by atoms with Crippen LogP contribution in [0.4, 0.5) is 10.5 Å². The van der Waals surface area contributed by atoms with Crippen LogP contribution in [0.1, 0.15) is 29.8 Å². The topological polar surface area (TPSA) is 85.6 Å². The first-order valence-corrected chi connectivity index (χ1v) is 10.3. The molecule has 0 spiro atoms. The number of rotatable bonds is 5. The summed E-state index contributed by atoms with van der Waals surface area (Å²) >= 11 is 0. The van der Waals surface area contributed by atoms with E-state index in [2.05, 4.69) is 11.1 Å². The van der Waals surface area contributed by atoms with E-state index in [0.29, 0.717) is 19.6 Å². The van der Waals surface area contributed by atoms with Gasteiger partial charge in [-0.2, -0.15) is 0 Å². The molecule has 7 nitrogen and oxygen atoms in total. The summed E-state index contributed by atoms with van der Waals surface area (Å²) in [4.78, 5) is 29.3. The third-order valence-electron chi connectivity index (χ3n) is 5.54. The average Bonchev–Trinajstić information content (AvgIpc) is 2.80. The van der Waals surface area contributed by atoms with Crippen molar-refractivity contribution in [2.45, 2.75) is 25.8 Å². The molecule has 0 aliphatic carbocycles. The molecule has 1 aliphatic heterocycles. The first-order valence-electron chi connectivity index (χ1n) is 10.3. The Kier molecular flexibility index (Phi) is 5.93. The molecule has 0 saturated heterocycles. The number of ether oxygens (including phenoxy) is 1. The molecular formula is C24H23N3O4. The van der Waals surface area contributed by atoms with Crippen LogP contribution in [0.15, 0.2) is 66.9 Å². The molecule has 1 atom stereocenters. The van der Waals surface area contributed by atoms with Crippen LogP contribution in [-0.4, -0.2) is 34.1 Å². The van der Waals surface area contributed by atoms with Crippen LogP contribution >= 0.6 is 0 Å². The fraction of sp³-hybridized carbons (Fsp3) is 0.250. The minimum Gasteiger partial charge on any atom is -0.450 e. The lowest BCUT2D eigenvalue weighted by Gasteiger charge is -2.35. The number of nitrogens with zero attached hydrogens (tertiary/aromatic N) is 3. The molecule has 0 radical (unpaired) electrons. The zero-order valence-electron chi connectivity index (χ0n) is 17.2. The highest BCUT2D eigenvalue weighted by atomic mass is 16.6. The van der Waals surface area contributed by atoms with Crippen molar-refractivity contribution < 1.29 is 14.5 Å². The van der Waals surface area contributed by atoms with Gasteiger partial charge in [0.1, 0.15) is 0 Å². The molecule has 1 aromatic heterocycles. The zero-order chi connectivity index (χ0) is 21.8. The molecule has 1 unspecified atom stereocenters. The van der Waals surface area contributed by atoms with Gasteiger partial charge >= 0.3 is 6.09 Å². The average molecular weight is 417 g/mol. The molecular weight excluding hydrogens is 394 g/mol. The van der Waals surface area contributed by atoms with E-state index in [-0.39, 0.29) is 17.8 Å². The van der Waals surface area contributed by atoms with E-state index < -0.39 is 4.92 Å². The Hall–Kier alpha value is -3.74. The Bertz CT molecular complexity index is 1080. The minimum absolute atomic E-state index is 0.0721. The molecule has 0 N–H and O–H groups in total. The van der Waals surface area contributed by atoms with Crippen molar-refractivity contribution >= 4 is 11.8 Å². The van der Waals surface area contributed by atoms with Gasteiger partial charge in [0.15, 0.2) is 0 Å². The summed E-state index contributed by atoms with van der Waals surface area (Å²) in [6.07, 6.45) is 2.84. The van der Waals surface area contributed by atoms with Gasteiger partial charge in [0, 0.05) is 24.9 Å². The number of fused-ring (bicyclic) bond motifs is 1. The first-order chi connectivity index (χ1) is 15.1. The van der Waals surface area contributed by atoms with Crippen molar-refractivity contribution in [1.29, 1.82) is 0 Å². The van der Waals surface area contributed by atoms with Gasteiger partial charge < -0.3 is 4.74 Å². The highest BCUT2D eigenvalue weighted by Gasteiger charge is 2.32. The van der Waals surface area contributed by atoms with Crippen LogP contribution in [0.25, 0.3) is 11.1 Å². The van der Waals surface area contributed by atoms with E-state index in [9.17, 15) is 14.9 Å². The normalized spacial score (nSPS) is 15.3. The van der Waals surface area contributed by atoms with Gasteiger partial charge in [-0.3, -0.25) is 20.0 Å². The SMILES string of the molecule is CCOC(=O)N1CCc2cccnc2C1Cc1ccc(-c2ccc([N+](=O)[O-])cc2)cc1. The Morgan fingerprint density at radius 3 is 2.45 bits per heavy atom. The summed E-state index contributed by atoms with van der Waals surface area (Å²) in [7, 11) is 0. The van der Waals surface area contributed by atoms with Gasteiger partial charge in [0.05, 0.1) is 23.3 Å². The van der Waals surface area contributed by atoms with Crippen molar-refractivity contribution in [2.75, 3.05) is 13.2 Å². The number of hydrogen-bond acceptors (Lipinski definition) is 5. The minimum atomic E-state index is -0.405. The van der Waals surface area contributed by atoms with Gasteiger partial charge in [-0.05, 0) is 60.2 Å². The lowest BCUT2D eigenvalue weighted by atomic mass is 9.92. The summed E-state index contributed by atoms with van der Waals surface area (Å²) in [5.74, 6) is 0. The summed E-state index contributed by atoms with van der Waals surface area (Å²) in [5.41, 5.74) is 5.11. The second-order valence-electron chi connectivity index (χ2n) is 7.41. The van der Waals surface area contributed by atoms with Gasteiger partial charge in [0.2, 0.25) is 0 Å². The molecule has 0 bridgehead atoms. The lowest BCUT2D eigenvalue weighted by molar-refractivity contribution is -0.384. The number of carbonyl (C=O) groups is 1. The lowest BCUT2D eigenvalue weighted by Crippen LogP contribution is -2.41. The second kappa shape index (κ2) is 8.95. The maximum atomic E-state index is 12.6. The summed E-state index contributed by atoms with van der Waals surface area (Å²) in [6.45, 7) is 2.74. The Morgan fingerprint density at radius 1 is 1.13 bits per heavy atom. The molecule has 3 aromatic rings. The number of non-ortho nitro benzene ring substituents is 1. The van der Waals surface area contributed by atoms with Crippen molar-refractivity contribution in [3.05, 3.63) is 93.8 Å². The van der Waals surface area contributed by atoms with Crippen molar-refractivity contribution in [2.24, 2.45) is 0 Å². The largest absolute Gasteiger partial charge is 0.450 e. The molecule has 4 rings (SSSR count). The van der Waals surface area contributed by atoms with Crippen molar-refractivity contribution in [3.63, 3.8) is 0 Å².